The van der Waals surface area contributed by atoms with Crippen LogP contribution < -0.4 is 5.32 Å². The Hall–Kier alpha value is -2.32. The normalized spacial score (nSPS) is 27.0. The summed E-state index contributed by atoms with van der Waals surface area (Å²) in [5, 5.41) is 14.7. The first-order chi connectivity index (χ1) is 12.7. The fraction of sp³-hybridized carbons (Fsp3) is 0.556. The Balaban J connectivity index is 1.37. The minimum atomic E-state index is 0.0350. The highest BCUT2D eigenvalue weighted by atomic mass is 16.5. The number of nitrogens with one attached hydrogen (secondary N) is 1. The number of hydrogen-bond acceptors (Lipinski definition) is 6. The third-order valence-electron chi connectivity index (χ3n) is 5.39. The predicted molar refractivity (Wildman–Crippen MR) is 92.7 cm³/mol. The van der Waals surface area contributed by atoms with Gasteiger partial charge in [0, 0.05) is 31.6 Å². The van der Waals surface area contributed by atoms with E-state index < -0.39 is 0 Å². The van der Waals surface area contributed by atoms with Gasteiger partial charge in [0.05, 0.1) is 24.8 Å². The van der Waals surface area contributed by atoms with Gasteiger partial charge in [0.1, 0.15) is 0 Å². The van der Waals surface area contributed by atoms with Gasteiger partial charge in [0.15, 0.2) is 5.82 Å². The van der Waals surface area contributed by atoms with Crippen molar-refractivity contribution in [3.63, 3.8) is 0 Å². The van der Waals surface area contributed by atoms with E-state index in [2.05, 4.69) is 20.8 Å². The Morgan fingerprint density at radius 1 is 1.38 bits per heavy atom. The Labute approximate surface area is 151 Å². The molecule has 4 atom stereocenters. The van der Waals surface area contributed by atoms with Crippen molar-refractivity contribution in [2.45, 2.75) is 31.9 Å². The number of benzene rings is 1. The van der Waals surface area contributed by atoms with Crippen molar-refractivity contribution in [1.82, 2.24) is 25.5 Å². The van der Waals surface area contributed by atoms with Crippen LogP contribution in [0.15, 0.2) is 24.3 Å². The third kappa shape index (κ3) is 3.10. The Morgan fingerprint density at radius 2 is 2.19 bits per heavy atom. The Morgan fingerprint density at radius 3 is 2.88 bits per heavy atom. The summed E-state index contributed by atoms with van der Waals surface area (Å²) < 4.78 is 12.7. The second-order valence-corrected chi connectivity index (χ2v) is 6.98. The van der Waals surface area contributed by atoms with Gasteiger partial charge in [0.2, 0.25) is 5.91 Å². The highest BCUT2D eigenvalue weighted by Crippen LogP contribution is 2.43. The summed E-state index contributed by atoms with van der Waals surface area (Å²) in [5.41, 5.74) is 1.83. The van der Waals surface area contributed by atoms with E-state index in [-0.39, 0.29) is 24.0 Å². The SMILES string of the molecule is COC[C@H]1[C@@H](NC(=O)Cc2ccc(-n3nnnc3C)cc2)[C@@H]2CCO[C@@H]21. The number of rotatable bonds is 6. The molecule has 8 heteroatoms. The summed E-state index contributed by atoms with van der Waals surface area (Å²) in [7, 11) is 1.69. The van der Waals surface area contributed by atoms with Gasteiger partial charge < -0.3 is 14.8 Å². The van der Waals surface area contributed by atoms with Crippen molar-refractivity contribution in [2.75, 3.05) is 20.3 Å². The first kappa shape index (κ1) is 17.1. The molecule has 2 heterocycles. The van der Waals surface area contributed by atoms with Gasteiger partial charge >= 0.3 is 0 Å². The molecule has 0 radical (unpaired) electrons. The lowest BCUT2D eigenvalue weighted by Crippen LogP contribution is -2.62. The summed E-state index contributed by atoms with van der Waals surface area (Å²) in [6, 6.07) is 7.86. The van der Waals surface area contributed by atoms with Crippen molar-refractivity contribution >= 4 is 5.91 Å². The molecule has 2 aromatic rings. The standard InChI is InChI=1S/C18H23N5O3/c1-11-20-21-22-23(11)13-5-3-12(4-6-13)9-16(24)19-17-14-7-8-26-18(14)15(17)10-25-2/h3-6,14-15,17-18H,7-10H2,1-2H3,(H,19,24)/t14-,15-,17-,18-/m0/s1. The molecule has 1 aliphatic heterocycles. The molecule has 0 unspecified atom stereocenters. The Bertz CT molecular complexity index is 775. The van der Waals surface area contributed by atoms with Gasteiger partial charge in [-0.15, -0.1) is 5.10 Å². The largest absolute Gasteiger partial charge is 0.384 e. The molecule has 2 fully saturated rings. The molecule has 1 amide bonds. The van der Waals surface area contributed by atoms with E-state index in [1.165, 1.54) is 0 Å². The predicted octanol–water partition coefficient (Wildman–Crippen LogP) is 0.679. The number of hydrogen-bond donors (Lipinski definition) is 1. The number of ether oxygens (including phenoxy) is 2. The minimum absolute atomic E-state index is 0.0350. The summed E-state index contributed by atoms with van der Waals surface area (Å²) in [4.78, 5) is 12.5. The number of carbonyl (C=O) groups is 1. The van der Waals surface area contributed by atoms with Crippen LogP contribution in [0.1, 0.15) is 17.8 Å². The van der Waals surface area contributed by atoms with Gasteiger partial charge in [-0.1, -0.05) is 12.1 Å². The molecule has 1 saturated carbocycles. The molecule has 138 valence electrons. The van der Waals surface area contributed by atoms with Crippen LogP contribution in [0, 0.1) is 18.8 Å². The molecule has 1 aromatic carbocycles. The summed E-state index contributed by atoms with van der Waals surface area (Å²) >= 11 is 0. The van der Waals surface area contributed by atoms with Crippen LogP contribution in [-0.4, -0.2) is 58.6 Å². The number of aromatic nitrogens is 4. The molecule has 26 heavy (non-hydrogen) atoms. The zero-order valence-electron chi connectivity index (χ0n) is 15.0. The molecular weight excluding hydrogens is 334 g/mol. The van der Waals surface area contributed by atoms with Gasteiger partial charge in [-0.25, -0.2) is 0 Å². The number of amides is 1. The molecule has 1 aromatic heterocycles. The zero-order valence-corrected chi connectivity index (χ0v) is 15.0. The zero-order chi connectivity index (χ0) is 18.1. The van der Waals surface area contributed by atoms with Crippen molar-refractivity contribution in [2.24, 2.45) is 11.8 Å². The molecule has 1 N–H and O–H groups in total. The number of nitrogens with zero attached hydrogens (tertiary/aromatic N) is 4. The van der Waals surface area contributed by atoms with Gasteiger partial charge in [-0.3, -0.25) is 4.79 Å². The number of aryl methyl sites for hydroxylation is 1. The maximum atomic E-state index is 12.5. The molecule has 4 rings (SSSR count). The molecule has 1 aliphatic carbocycles. The van der Waals surface area contributed by atoms with Crippen molar-refractivity contribution in [3.05, 3.63) is 35.7 Å². The molecule has 1 saturated heterocycles. The number of carbonyl (C=O) groups excluding carboxylic acids is 1. The fourth-order valence-corrected chi connectivity index (χ4v) is 4.08. The van der Waals surface area contributed by atoms with E-state index in [0.717, 1.165) is 30.1 Å². The van der Waals surface area contributed by atoms with Crippen molar-refractivity contribution in [1.29, 1.82) is 0 Å². The summed E-state index contributed by atoms with van der Waals surface area (Å²) in [6.07, 6.45) is 1.60. The number of methoxy groups -OCH3 is 1. The van der Waals surface area contributed by atoms with Crippen molar-refractivity contribution in [3.8, 4) is 5.69 Å². The quantitative estimate of drug-likeness (QED) is 0.817. The van der Waals surface area contributed by atoms with E-state index in [9.17, 15) is 4.79 Å². The van der Waals surface area contributed by atoms with Crippen LogP contribution in [0.4, 0.5) is 0 Å². The lowest BCUT2D eigenvalue weighted by atomic mass is 9.67. The smallest absolute Gasteiger partial charge is 0.224 e. The molecule has 0 bridgehead atoms. The highest BCUT2D eigenvalue weighted by molar-refractivity contribution is 5.79. The number of tetrazole rings is 1. The maximum Gasteiger partial charge on any atom is 0.224 e. The van der Waals surface area contributed by atoms with Gasteiger partial charge in [-0.05, 0) is 41.5 Å². The second kappa shape index (κ2) is 7.13. The lowest BCUT2D eigenvalue weighted by molar-refractivity contribution is -0.129. The van der Waals surface area contributed by atoms with E-state index >= 15 is 0 Å². The highest BCUT2D eigenvalue weighted by Gasteiger charge is 2.54. The second-order valence-electron chi connectivity index (χ2n) is 6.98. The van der Waals surface area contributed by atoms with Crippen LogP contribution in [0.3, 0.4) is 0 Å². The van der Waals surface area contributed by atoms with Gasteiger partial charge in [0.25, 0.3) is 0 Å². The maximum absolute atomic E-state index is 12.5. The van der Waals surface area contributed by atoms with Gasteiger partial charge in [-0.2, -0.15) is 4.68 Å². The van der Waals surface area contributed by atoms with Crippen LogP contribution in [0.25, 0.3) is 5.69 Å². The van der Waals surface area contributed by atoms with Crippen LogP contribution in [0.5, 0.6) is 0 Å². The van der Waals surface area contributed by atoms with Crippen LogP contribution in [0.2, 0.25) is 0 Å². The van der Waals surface area contributed by atoms with E-state index in [1.807, 2.05) is 31.2 Å². The average Bonchev–Trinajstić information content (AvgIpc) is 3.25. The lowest BCUT2D eigenvalue weighted by Gasteiger charge is -2.47. The van der Waals surface area contributed by atoms with E-state index in [4.69, 9.17) is 9.47 Å². The van der Waals surface area contributed by atoms with Crippen LogP contribution in [-0.2, 0) is 20.7 Å². The monoisotopic (exact) mass is 357 g/mol. The molecule has 0 spiro atoms. The molecular formula is C18H23N5O3. The van der Waals surface area contributed by atoms with E-state index in [0.29, 0.717) is 18.9 Å². The summed E-state index contributed by atoms with van der Waals surface area (Å²) in [6.45, 7) is 3.24. The summed E-state index contributed by atoms with van der Waals surface area (Å²) in [5.74, 6) is 1.43. The first-order valence-corrected chi connectivity index (χ1v) is 8.91. The van der Waals surface area contributed by atoms with Crippen molar-refractivity contribution < 1.29 is 14.3 Å². The Kier molecular flexibility index (Phi) is 4.69. The molecule has 8 nitrogen and oxygen atoms in total. The first-order valence-electron chi connectivity index (χ1n) is 8.91. The fourth-order valence-electron chi connectivity index (χ4n) is 4.08. The molecule has 2 aliphatic rings. The minimum Gasteiger partial charge on any atom is -0.384 e. The van der Waals surface area contributed by atoms with Crippen LogP contribution >= 0.6 is 0 Å². The average molecular weight is 357 g/mol. The van der Waals surface area contributed by atoms with E-state index in [1.54, 1.807) is 11.8 Å². The third-order valence-corrected chi connectivity index (χ3v) is 5.39. The number of fused-ring (bicyclic) bond motifs is 1. The topological polar surface area (TPSA) is 91.2 Å².